The Morgan fingerprint density at radius 2 is 2.35 bits per heavy atom. The van der Waals surface area contributed by atoms with Crippen molar-refractivity contribution < 1.29 is 9.21 Å². The van der Waals surface area contributed by atoms with Crippen molar-refractivity contribution in [2.75, 3.05) is 18.4 Å². The molecule has 3 heterocycles. The second-order valence-electron chi connectivity index (χ2n) is 4.00. The molecule has 3 aromatic rings. The molecule has 0 aliphatic carbocycles. The average Bonchev–Trinajstić information content (AvgIpc) is 3.13. The van der Waals surface area contributed by atoms with Crippen LogP contribution in [0.1, 0.15) is 10.6 Å². The van der Waals surface area contributed by atoms with Crippen LogP contribution in [-0.2, 0) is 0 Å². The molecule has 8 heteroatoms. The zero-order chi connectivity index (χ0) is 13.8. The number of rotatable bonds is 5. The molecular formula is C12H12N6O2. The van der Waals surface area contributed by atoms with E-state index in [1.807, 2.05) is 0 Å². The van der Waals surface area contributed by atoms with Crippen molar-refractivity contribution in [3.8, 4) is 0 Å². The van der Waals surface area contributed by atoms with Gasteiger partial charge in [-0.05, 0) is 12.1 Å². The minimum atomic E-state index is -0.245. The maximum absolute atomic E-state index is 11.6. The van der Waals surface area contributed by atoms with Crippen molar-refractivity contribution in [3.05, 3.63) is 42.9 Å². The van der Waals surface area contributed by atoms with E-state index in [0.717, 1.165) is 0 Å². The molecule has 0 aliphatic rings. The van der Waals surface area contributed by atoms with Crippen molar-refractivity contribution in [3.63, 3.8) is 0 Å². The third kappa shape index (κ3) is 2.44. The summed E-state index contributed by atoms with van der Waals surface area (Å²) in [4.78, 5) is 15.8. The fraction of sp³-hybridized carbons (Fsp3) is 0.167. The molecule has 0 unspecified atom stereocenters. The van der Waals surface area contributed by atoms with Crippen LogP contribution in [0, 0.1) is 0 Å². The van der Waals surface area contributed by atoms with E-state index in [4.69, 9.17) is 4.42 Å². The van der Waals surface area contributed by atoms with Gasteiger partial charge in [-0.25, -0.2) is 4.98 Å². The highest BCUT2D eigenvalue weighted by molar-refractivity contribution is 5.91. The summed E-state index contributed by atoms with van der Waals surface area (Å²) >= 11 is 0. The molecule has 2 N–H and O–H groups in total. The summed E-state index contributed by atoms with van der Waals surface area (Å²) < 4.78 is 6.75. The Labute approximate surface area is 113 Å². The van der Waals surface area contributed by atoms with Gasteiger partial charge in [0.15, 0.2) is 11.6 Å². The van der Waals surface area contributed by atoms with Gasteiger partial charge in [-0.2, -0.15) is 0 Å². The van der Waals surface area contributed by atoms with Crippen molar-refractivity contribution in [2.45, 2.75) is 0 Å². The lowest BCUT2D eigenvalue weighted by Crippen LogP contribution is -2.28. The Kier molecular flexibility index (Phi) is 3.27. The van der Waals surface area contributed by atoms with Crippen molar-refractivity contribution in [1.29, 1.82) is 0 Å². The molecule has 0 saturated carbocycles. The third-order valence-corrected chi connectivity index (χ3v) is 2.66. The molecule has 0 atom stereocenters. The lowest BCUT2D eigenvalue weighted by molar-refractivity contribution is 0.0927. The van der Waals surface area contributed by atoms with Crippen LogP contribution in [-0.4, -0.2) is 38.6 Å². The zero-order valence-electron chi connectivity index (χ0n) is 10.5. The number of nitrogens with one attached hydrogen (secondary N) is 2. The second kappa shape index (κ2) is 5.39. The average molecular weight is 272 g/mol. The highest BCUT2D eigenvalue weighted by Gasteiger charge is 2.07. The summed E-state index contributed by atoms with van der Waals surface area (Å²) in [5.74, 6) is 0.672. The van der Waals surface area contributed by atoms with E-state index in [9.17, 15) is 4.79 Å². The quantitative estimate of drug-likeness (QED) is 0.659. The summed E-state index contributed by atoms with van der Waals surface area (Å²) in [5.41, 5.74) is 0.643. The Bertz CT molecular complexity index is 706. The SMILES string of the molecule is O=C(NCCNc1nccn2cnnc12)c1ccco1. The third-order valence-electron chi connectivity index (χ3n) is 2.66. The molecular weight excluding hydrogens is 260 g/mol. The number of carbonyl (C=O) groups is 1. The van der Waals surface area contributed by atoms with E-state index in [0.29, 0.717) is 30.3 Å². The van der Waals surface area contributed by atoms with Gasteiger partial charge in [-0.3, -0.25) is 9.20 Å². The number of anilines is 1. The van der Waals surface area contributed by atoms with Crippen LogP contribution in [0.25, 0.3) is 5.65 Å². The summed E-state index contributed by atoms with van der Waals surface area (Å²) in [6.07, 6.45) is 6.48. The van der Waals surface area contributed by atoms with Crippen molar-refractivity contribution >= 4 is 17.4 Å². The van der Waals surface area contributed by atoms with Gasteiger partial charge in [0.1, 0.15) is 6.33 Å². The fourth-order valence-electron chi connectivity index (χ4n) is 1.74. The molecule has 0 radical (unpaired) electrons. The molecule has 102 valence electrons. The number of furan rings is 1. The summed E-state index contributed by atoms with van der Waals surface area (Å²) in [6.45, 7) is 0.961. The number of hydrogen-bond acceptors (Lipinski definition) is 6. The largest absolute Gasteiger partial charge is 0.459 e. The Morgan fingerprint density at radius 1 is 1.40 bits per heavy atom. The normalized spacial score (nSPS) is 10.6. The number of aromatic nitrogens is 4. The maximum Gasteiger partial charge on any atom is 0.287 e. The summed E-state index contributed by atoms with van der Waals surface area (Å²) in [6, 6.07) is 3.28. The zero-order valence-corrected chi connectivity index (χ0v) is 10.5. The monoisotopic (exact) mass is 272 g/mol. The van der Waals surface area contributed by atoms with Gasteiger partial charge < -0.3 is 15.1 Å². The van der Waals surface area contributed by atoms with Crippen LogP contribution < -0.4 is 10.6 Å². The highest BCUT2D eigenvalue weighted by atomic mass is 16.3. The molecule has 0 spiro atoms. The molecule has 1 amide bonds. The first kappa shape index (κ1) is 12.2. The van der Waals surface area contributed by atoms with Gasteiger partial charge in [-0.1, -0.05) is 0 Å². The number of amides is 1. The predicted molar refractivity (Wildman–Crippen MR) is 70.3 cm³/mol. The number of fused-ring (bicyclic) bond motifs is 1. The molecule has 3 rings (SSSR count). The van der Waals surface area contributed by atoms with E-state index in [-0.39, 0.29) is 5.91 Å². The van der Waals surface area contributed by atoms with Crippen LogP contribution in [0.5, 0.6) is 0 Å². The van der Waals surface area contributed by atoms with Gasteiger partial charge in [0.05, 0.1) is 6.26 Å². The molecule has 0 aromatic carbocycles. The van der Waals surface area contributed by atoms with Crippen molar-refractivity contribution in [2.24, 2.45) is 0 Å². The summed E-state index contributed by atoms with van der Waals surface area (Å²) in [7, 11) is 0. The van der Waals surface area contributed by atoms with Gasteiger partial charge >= 0.3 is 0 Å². The lowest BCUT2D eigenvalue weighted by Gasteiger charge is -2.06. The van der Waals surface area contributed by atoms with Crippen LogP contribution in [0.2, 0.25) is 0 Å². The van der Waals surface area contributed by atoms with E-state index in [1.165, 1.54) is 6.26 Å². The smallest absolute Gasteiger partial charge is 0.287 e. The van der Waals surface area contributed by atoms with Gasteiger partial charge in [0, 0.05) is 25.5 Å². The number of nitrogens with zero attached hydrogens (tertiary/aromatic N) is 4. The Balaban J connectivity index is 1.53. The van der Waals surface area contributed by atoms with Gasteiger partial charge in [-0.15, -0.1) is 10.2 Å². The molecule has 0 aliphatic heterocycles. The highest BCUT2D eigenvalue weighted by Crippen LogP contribution is 2.08. The molecule has 3 aromatic heterocycles. The first-order valence-electron chi connectivity index (χ1n) is 6.04. The van der Waals surface area contributed by atoms with E-state index in [2.05, 4.69) is 25.8 Å². The molecule has 20 heavy (non-hydrogen) atoms. The Morgan fingerprint density at radius 3 is 3.20 bits per heavy atom. The Hall–Kier alpha value is -2.90. The maximum atomic E-state index is 11.6. The first-order chi connectivity index (χ1) is 9.84. The van der Waals surface area contributed by atoms with E-state index < -0.39 is 0 Å². The van der Waals surface area contributed by atoms with E-state index >= 15 is 0 Å². The minimum absolute atomic E-state index is 0.245. The van der Waals surface area contributed by atoms with Crippen LogP contribution in [0.4, 0.5) is 5.82 Å². The standard InChI is InChI=1S/C12H12N6O2/c19-12(9-2-1-7-20-9)15-4-3-13-10-11-17-16-8-18(11)6-5-14-10/h1-2,5-8H,3-4H2,(H,13,14)(H,15,19). The van der Waals surface area contributed by atoms with Crippen LogP contribution in [0.3, 0.4) is 0 Å². The first-order valence-corrected chi connectivity index (χ1v) is 6.04. The number of carbonyl (C=O) groups excluding carboxylic acids is 1. The van der Waals surface area contributed by atoms with Gasteiger partial charge in [0.2, 0.25) is 5.65 Å². The van der Waals surface area contributed by atoms with Gasteiger partial charge in [0.25, 0.3) is 5.91 Å². The second-order valence-corrected chi connectivity index (χ2v) is 4.00. The molecule has 8 nitrogen and oxygen atoms in total. The topological polar surface area (TPSA) is 97.4 Å². The minimum Gasteiger partial charge on any atom is -0.459 e. The van der Waals surface area contributed by atoms with E-state index in [1.54, 1.807) is 35.3 Å². The molecule has 0 bridgehead atoms. The van der Waals surface area contributed by atoms with Crippen molar-refractivity contribution in [1.82, 2.24) is 24.9 Å². The van der Waals surface area contributed by atoms with Crippen LogP contribution in [0.15, 0.2) is 41.5 Å². The molecule has 0 saturated heterocycles. The fourth-order valence-corrected chi connectivity index (χ4v) is 1.74. The predicted octanol–water partition coefficient (Wildman–Crippen LogP) is 0.559. The molecule has 0 fully saturated rings. The lowest BCUT2D eigenvalue weighted by atomic mass is 10.4. The number of hydrogen-bond donors (Lipinski definition) is 2. The van der Waals surface area contributed by atoms with Crippen LogP contribution >= 0.6 is 0 Å². The summed E-state index contributed by atoms with van der Waals surface area (Å²) in [5, 5.41) is 13.6.